The summed E-state index contributed by atoms with van der Waals surface area (Å²) in [6.07, 6.45) is 5.07. The third kappa shape index (κ3) is 7.72. The Morgan fingerprint density at radius 3 is 2.57 bits per heavy atom. The lowest BCUT2D eigenvalue weighted by atomic mass is 10.1. The van der Waals surface area contributed by atoms with Crippen molar-refractivity contribution in [1.29, 1.82) is 0 Å². The average molecular weight is 311 g/mol. The number of aromatic nitrogens is 1. The summed E-state index contributed by atoms with van der Waals surface area (Å²) < 4.78 is 5.76. The molecular formula is C17H30N2OS. The van der Waals surface area contributed by atoms with Crippen molar-refractivity contribution >= 4 is 11.8 Å². The highest BCUT2D eigenvalue weighted by Gasteiger charge is 2.13. The van der Waals surface area contributed by atoms with Crippen LogP contribution in [0.3, 0.4) is 0 Å². The van der Waals surface area contributed by atoms with Gasteiger partial charge in [-0.2, -0.15) is 11.8 Å². The van der Waals surface area contributed by atoms with E-state index in [1.54, 1.807) is 6.20 Å². The van der Waals surface area contributed by atoms with E-state index in [-0.39, 0.29) is 6.10 Å². The van der Waals surface area contributed by atoms with Crippen LogP contribution in [0, 0.1) is 5.92 Å². The van der Waals surface area contributed by atoms with Gasteiger partial charge in [0.05, 0.1) is 12.3 Å². The fourth-order valence-corrected chi connectivity index (χ4v) is 3.13. The molecule has 0 aliphatic carbocycles. The molecule has 0 amide bonds. The van der Waals surface area contributed by atoms with Gasteiger partial charge in [-0.25, -0.2) is 0 Å². The minimum absolute atomic E-state index is 0.180. The molecule has 1 atom stereocenters. The van der Waals surface area contributed by atoms with Crippen LogP contribution in [0.5, 0.6) is 5.75 Å². The molecule has 0 aromatic carbocycles. The zero-order chi connectivity index (χ0) is 15.7. The Hall–Kier alpha value is -0.740. The van der Waals surface area contributed by atoms with Crippen molar-refractivity contribution in [1.82, 2.24) is 10.3 Å². The number of rotatable bonds is 10. The summed E-state index contributed by atoms with van der Waals surface area (Å²) >= 11 is 2.00. The Bertz CT molecular complexity index is 396. The van der Waals surface area contributed by atoms with Crippen molar-refractivity contribution in [3.05, 3.63) is 24.0 Å². The standard InChI is InChI=1S/C17H30N2OS/c1-6-7-19-17(12-21-11-13(2)3)15-8-16(10-18-9-15)20-14(4)5/h8-10,13-14,17,19H,6-7,11-12H2,1-5H3. The van der Waals surface area contributed by atoms with Gasteiger partial charge in [0.25, 0.3) is 0 Å². The van der Waals surface area contributed by atoms with Crippen molar-refractivity contribution in [3.8, 4) is 5.75 Å². The molecule has 1 aromatic heterocycles. The van der Waals surface area contributed by atoms with Crippen molar-refractivity contribution < 1.29 is 4.74 Å². The lowest BCUT2D eigenvalue weighted by Gasteiger charge is -2.20. The van der Waals surface area contributed by atoms with Gasteiger partial charge in [-0.1, -0.05) is 20.8 Å². The second-order valence-electron chi connectivity index (χ2n) is 6.06. The van der Waals surface area contributed by atoms with E-state index in [2.05, 4.69) is 37.1 Å². The van der Waals surface area contributed by atoms with E-state index in [1.807, 2.05) is 31.8 Å². The molecule has 0 radical (unpaired) electrons. The molecule has 4 heteroatoms. The van der Waals surface area contributed by atoms with Crippen LogP contribution < -0.4 is 10.1 Å². The van der Waals surface area contributed by atoms with Crippen LogP contribution in [0.2, 0.25) is 0 Å². The molecule has 120 valence electrons. The molecule has 3 nitrogen and oxygen atoms in total. The summed E-state index contributed by atoms with van der Waals surface area (Å²) in [5.74, 6) is 3.86. The lowest BCUT2D eigenvalue weighted by Crippen LogP contribution is -2.24. The van der Waals surface area contributed by atoms with Gasteiger partial charge in [0.2, 0.25) is 0 Å². The highest BCUT2D eigenvalue weighted by molar-refractivity contribution is 7.99. The van der Waals surface area contributed by atoms with Crippen molar-refractivity contribution in [2.24, 2.45) is 5.92 Å². The van der Waals surface area contributed by atoms with Crippen LogP contribution in [-0.2, 0) is 0 Å². The molecule has 1 aromatic rings. The number of nitrogens with one attached hydrogen (secondary N) is 1. The summed E-state index contributed by atoms with van der Waals surface area (Å²) in [4.78, 5) is 4.34. The van der Waals surface area contributed by atoms with Crippen molar-refractivity contribution in [2.45, 2.75) is 53.2 Å². The second-order valence-corrected chi connectivity index (χ2v) is 7.13. The predicted octanol–water partition coefficient (Wildman–Crippen LogP) is 4.30. The maximum absolute atomic E-state index is 5.76. The van der Waals surface area contributed by atoms with Crippen molar-refractivity contribution in [2.75, 3.05) is 18.1 Å². The van der Waals surface area contributed by atoms with E-state index in [1.165, 1.54) is 11.3 Å². The monoisotopic (exact) mass is 310 g/mol. The minimum Gasteiger partial charge on any atom is -0.489 e. The largest absolute Gasteiger partial charge is 0.489 e. The summed E-state index contributed by atoms with van der Waals surface area (Å²) in [5, 5.41) is 3.62. The molecule has 0 aliphatic heterocycles. The molecule has 0 saturated heterocycles. The molecule has 0 bridgehead atoms. The Morgan fingerprint density at radius 2 is 1.95 bits per heavy atom. The average Bonchev–Trinajstić information content (AvgIpc) is 2.41. The molecule has 1 N–H and O–H groups in total. The fraction of sp³-hybridized carbons (Fsp3) is 0.706. The number of pyridine rings is 1. The Kier molecular flexibility index (Phi) is 8.77. The molecule has 0 fully saturated rings. The predicted molar refractivity (Wildman–Crippen MR) is 93.2 cm³/mol. The van der Waals surface area contributed by atoms with Gasteiger partial charge in [0.15, 0.2) is 0 Å². The minimum atomic E-state index is 0.180. The summed E-state index contributed by atoms with van der Waals surface area (Å²) in [6, 6.07) is 2.47. The first kappa shape index (κ1) is 18.3. The molecule has 1 heterocycles. The van der Waals surface area contributed by atoms with Crippen LogP contribution in [0.1, 0.15) is 52.6 Å². The van der Waals surface area contributed by atoms with Gasteiger partial charge in [0, 0.05) is 18.0 Å². The van der Waals surface area contributed by atoms with E-state index in [4.69, 9.17) is 4.74 Å². The Labute approximate surface area is 134 Å². The quantitative estimate of drug-likeness (QED) is 0.699. The van der Waals surface area contributed by atoms with Crippen LogP contribution in [-0.4, -0.2) is 29.1 Å². The van der Waals surface area contributed by atoms with Crippen molar-refractivity contribution in [3.63, 3.8) is 0 Å². The normalized spacial score (nSPS) is 12.9. The van der Waals surface area contributed by atoms with Gasteiger partial charge in [-0.05, 0) is 50.1 Å². The van der Waals surface area contributed by atoms with Crippen LogP contribution >= 0.6 is 11.8 Å². The van der Waals surface area contributed by atoms with Gasteiger partial charge < -0.3 is 10.1 Å². The third-order valence-electron chi connectivity index (χ3n) is 2.88. The molecular weight excluding hydrogens is 280 g/mol. The van der Waals surface area contributed by atoms with Gasteiger partial charge in [0.1, 0.15) is 5.75 Å². The molecule has 1 rings (SSSR count). The van der Waals surface area contributed by atoms with E-state index in [9.17, 15) is 0 Å². The molecule has 21 heavy (non-hydrogen) atoms. The molecule has 0 saturated carbocycles. The first-order chi connectivity index (χ1) is 10.0. The van der Waals surface area contributed by atoms with E-state index in [0.717, 1.165) is 30.4 Å². The van der Waals surface area contributed by atoms with Gasteiger partial charge in [-0.3, -0.25) is 4.98 Å². The highest BCUT2D eigenvalue weighted by Crippen LogP contribution is 2.23. The second kappa shape index (κ2) is 10.1. The summed E-state index contributed by atoms with van der Waals surface area (Å²) in [7, 11) is 0. The lowest BCUT2D eigenvalue weighted by molar-refractivity contribution is 0.241. The zero-order valence-corrected chi connectivity index (χ0v) is 14.9. The Balaban J connectivity index is 2.71. The molecule has 1 unspecified atom stereocenters. The Morgan fingerprint density at radius 1 is 1.19 bits per heavy atom. The third-order valence-corrected chi connectivity index (χ3v) is 4.36. The van der Waals surface area contributed by atoms with Gasteiger partial charge >= 0.3 is 0 Å². The highest BCUT2D eigenvalue weighted by atomic mass is 32.2. The number of hydrogen-bond acceptors (Lipinski definition) is 4. The topological polar surface area (TPSA) is 34.2 Å². The number of hydrogen-bond donors (Lipinski definition) is 1. The molecule has 0 aliphatic rings. The van der Waals surface area contributed by atoms with Crippen LogP contribution in [0.4, 0.5) is 0 Å². The number of thioether (sulfide) groups is 1. The van der Waals surface area contributed by atoms with E-state index in [0.29, 0.717) is 6.04 Å². The number of ether oxygens (including phenoxy) is 1. The molecule has 0 spiro atoms. The maximum Gasteiger partial charge on any atom is 0.138 e. The SMILES string of the molecule is CCCNC(CSCC(C)C)c1cncc(OC(C)C)c1. The number of nitrogens with zero attached hydrogens (tertiary/aromatic N) is 1. The van der Waals surface area contributed by atoms with Crippen LogP contribution in [0.25, 0.3) is 0 Å². The summed E-state index contributed by atoms with van der Waals surface area (Å²) in [5.41, 5.74) is 1.22. The maximum atomic E-state index is 5.76. The van der Waals surface area contributed by atoms with Gasteiger partial charge in [-0.15, -0.1) is 0 Å². The fourth-order valence-electron chi connectivity index (χ4n) is 1.98. The summed E-state index contributed by atoms with van der Waals surface area (Å²) in [6.45, 7) is 11.8. The zero-order valence-electron chi connectivity index (χ0n) is 14.1. The van der Waals surface area contributed by atoms with E-state index < -0.39 is 0 Å². The van der Waals surface area contributed by atoms with E-state index >= 15 is 0 Å². The van der Waals surface area contributed by atoms with Crippen LogP contribution in [0.15, 0.2) is 18.5 Å². The smallest absolute Gasteiger partial charge is 0.138 e. The first-order valence-electron chi connectivity index (χ1n) is 7.95. The first-order valence-corrected chi connectivity index (χ1v) is 9.11.